The van der Waals surface area contributed by atoms with Crippen molar-refractivity contribution >= 4 is 22.6 Å². The van der Waals surface area contributed by atoms with Crippen LogP contribution in [0.5, 0.6) is 11.5 Å². The molecule has 4 rings (SSSR count). The van der Waals surface area contributed by atoms with Crippen LogP contribution >= 0.6 is 0 Å². The van der Waals surface area contributed by atoms with Gasteiger partial charge in [0.25, 0.3) is 5.71 Å². The number of hydrogen-bond donors (Lipinski definition) is 1. The average Bonchev–Trinajstić information content (AvgIpc) is 3.05. The lowest BCUT2D eigenvalue weighted by molar-refractivity contribution is 0.174. The van der Waals surface area contributed by atoms with Gasteiger partial charge in [0, 0.05) is 11.8 Å². The van der Waals surface area contributed by atoms with Crippen LogP contribution < -0.4 is 14.8 Å². The molecule has 21 heavy (non-hydrogen) atoms. The molecule has 0 unspecified atom stereocenters. The summed E-state index contributed by atoms with van der Waals surface area (Å²) in [6.45, 7) is 3.91. The first-order valence-electron chi connectivity index (χ1n) is 6.48. The first-order valence-corrected chi connectivity index (χ1v) is 6.48. The van der Waals surface area contributed by atoms with Crippen LogP contribution in [0.2, 0.25) is 0 Å². The number of nitrogens with zero attached hydrogens (tertiary/aromatic N) is 3. The van der Waals surface area contributed by atoms with E-state index in [0.29, 0.717) is 23.1 Å². The van der Waals surface area contributed by atoms with E-state index >= 15 is 0 Å². The maximum atomic E-state index is 5.37. The van der Waals surface area contributed by atoms with E-state index < -0.39 is 0 Å². The Balaban J connectivity index is 1.78. The molecular weight excluding hydrogens is 272 g/mol. The van der Waals surface area contributed by atoms with Gasteiger partial charge in [-0.05, 0) is 26.0 Å². The van der Waals surface area contributed by atoms with Gasteiger partial charge >= 0.3 is 0 Å². The topological polar surface area (TPSA) is 82.3 Å². The predicted octanol–water partition coefficient (Wildman–Crippen LogP) is 2.71. The molecule has 0 radical (unpaired) electrons. The molecule has 0 fully saturated rings. The molecule has 0 amide bonds. The molecule has 0 spiro atoms. The molecule has 0 saturated carbocycles. The highest BCUT2D eigenvalue weighted by atomic mass is 16.7. The largest absolute Gasteiger partial charge is 0.454 e. The Hall–Kier alpha value is -2.83. The van der Waals surface area contributed by atoms with E-state index in [2.05, 4.69) is 20.4 Å². The zero-order valence-electron chi connectivity index (χ0n) is 11.5. The summed E-state index contributed by atoms with van der Waals surface area (Å²) in [6, 6.07) is 5.63. The highest BCUT2D eigenvalue weighted by molar-refractivity contribution is 5.89. The van der Waals surface area contributed by atoms with Gasteiger partial charge in [0.1, 0.15) is 17.0 Å². The predicted molar refractivity (Wildman–Crippen MR) is 74.9 cm³/mol. The minimum Gasteiger partial charge on any atom is -0.454 e. The second kappa shape index (κ2) is 4.34. The molecule has 2 aromatic heterocycles. The summed E-state index contributed by atoms with van der Waals surface area (Å²) in [5.74, 6) is 2.73. The second-order valence-electron chi connectivity index (χ2n) is 4.76. The van der Waals surface area contributed by atoms with E-state index in [1.165, 1.54) is 0 Å². The smallest absolute Gasteiger partial charge is 0.263 e. The molecule has 106 valence electrons. The van der Waals surface area contributed by atoms with Gasteiger partial charge in [0.2, 0.25) is 6.79 Å². The van der Waals surface area contributed by atoms with E-state index in [-0.39, 0.29) is 6.79 Å². The zero-order chi connectivity index (χ0) is 14.4. The Kier molecular flexibility index (Phi) is 2.47. The number of rotatable bonds is 2. The Labute approximate surface area is 119 Å². The Morgan fingerprint density at radius 3 is 2.86 bits per heavy atom. The first kappa shape index (κ1) is 12.0. The van der Waals surface area contributed by atoms with Crippen molar-refractivity contribution < 1.29 is 14.0 Å². The van der Waals surface area contributed by atoms with Gasteiger partial charge in [0.15, 0.2) is 11.5 Å². The molecule has 7 heteroatoms. The number of aryl methyl sites for hydroxylation is 2. The fraction of sp³-hybridized carbons (Fsp3) is 0.214. The van der Waals surface area contributed by atoms with Crippen molar-refractivity contribution in [3.05, 3.63) is 29.7 Å². The zero-order valence-corrected chi connectivity index (χ0v) is 11.5. The molecule has 3 heterocycles. The van der Waals surface area contributed by atoms with Gasteiger partial charge in [-0.1, -0.05) is 5.16 Å². The Morgan fingerprint density at radius 1 is 1.10 bits per heavy atom. The fourth-order valence-electron chi connectivity index (χ4n) is 2.30. The van der Waals surface area contributed by atoms with Crippen molar-refractivity contribution in [2.75, 3.05) is 12.1 Å². The monoisotopic (exact) mass is 284 g/mol. The molecular formula is C14H12N4O3. The van der Waals surface area contributed by atoms with Crippen LogP contribution in [0.15, 0.2) is 22.7 Å². The van der Waals surface area contributed by atoms with Crippen molar-refractivity contribution in [3.63, 3.8) is 0 Å². The van der Waals surface area contributed by atoms with Gasteiger partial charge in [-0.2, -0.15) is 4.98 Å². The number of nitrogens with one attached hydrogen (secondary N) is 1. The molecule has 0 aliphatic carbocycles. The van der Waals surface area contributed by atoms with Crippen LogP contribution in [0.1, 0.15) is 11.5 Å². The molecule has 0 bridgehead atoms. The molecule has 7 nitrogen and oxygen atoms in total. The first-order chi connectivity index (χ1) is 10.2. The van der Waals surface area contributed by atoms with Crippen LogP contribution in [-0.4, -0.2) is 21.9 Å². The van der Waals surface area contributed by atoms with E-state index in [4.69, 9.17) is 14.0 Å². The lowest BCUT2D eigenvalue weighted by Crippen LogP contribution is -1.98. The number of hydrogen-bond acceptors (Lipinski definition) is 7. The van der Waals surface area contributed by atoms with Crippen molar-refractivity contribution in [2.24, 2.45) is 0 Å². The van der Waals surface area contributed by atoms with Gasteiger partial charge in [-0.25, -0.2) is 4.98 Å². The summed E-state index contributed by atoms with van der Waals surface area (Å²) in [6.07, 6.45) is 0. The van der Waals surface area contributed by atoms with Crippen LogP contribution in [0.4, 0.5) is 11.5 Å². The van der Waals surface area contributed by atoms with Crippen LogP contribution in [0, 0.1) is 13.8 Å². The molecule has 0 atom stereocenters. The molecule has 0 saturated heterocycles. The standard InChI is InChI=1S/C14H12N4O3/c1-7-12-13(15-8(2)16-14(12)21-18-7)17-9-3-4-10-11(5-9)20-6-19-10/h3-5H,6H2,1-2H3,(H,15,16,17). The van der Waals surface area contributed by atoms with E-state index in [0.717, 1.165) is 22.5 Å². The van der Waals surface area contributed by atoms with Gasteiger partial charge < -0.3 is 19.3 Å². The third kappa shape index (κ3) is 1.94. The van der Waals surface area contributed by atoms with Crippen molar-refractivity contribution in [1.29, 1.82) is 0 Å². The molecule has 3 aromatic rings. The van der Waals surface area contributed by atoms with Crippen LogP contribution in [0.25, 0.3) is 11.1 Å². The minimum absolute atomic E-state index is 0.250. The third-order valence-corrected chi connectivity index (χ3v) is 3.25. The lowest BCUT2D eigenvalue weighted by Gasteiger charge is -2.08. The van der Waals surface area contributed by atoms with Gasteiger partial charge in [-0.15, -0.1) is 0 Å². The number of ether oxygens (including phenoxy) is 2. The van der Waals surface area contributed by atoms with Crippen LogP contribution in [0.3, 0.4) is 0 Å². The summed E-state index contributed by atoms with van der Waals surface area (Å²) in [4.78, 5) is 8.66. The summed E-state index contributed by atoms with van der Waals surface area (Å²) >= 11 is 0. The van der Waals surface area contributed by atoms with Gasteiger partial charge in [0.05, 0.1) is 5.69 Å². The molecule has 1 aliphatic heterocycles. The van der Waals surface area contributed by atoms with Crippen LogP contribution in [-0.2, 0) is 0 Å². The molecule has 1 aliphatic rings. The maximum absolute atomic E-state index is 5.37. The summed E-state index contributed by atoms with van der Waals surface area (Å²) in [7, 11) is 0. The maximum Gasteiger partial charge on any atom is 0.263 e. The van der Waals surface area contributed by atoms with Gasteiger partial charge in [-0.3, -0.25) is 0 Å². The number of anilines is 2. The molecule has 1 aromatic carbocycles. The van der Waals surface area contributed by atoms with E-state index in [1.54, 1.807) is 0 Å². The van der Waals surface area contributed by atoms with E-state index in [1.807, 2.05) is 32.0 Å². The number of aromatic nitrogens is 3. The van der Waals surface area contributed by atoms with E-state index in [9.17, 15) is 0 Å². The minimum atomic E-state index is 0.250. The normalized spacial score (nSPS) is 12.9. The SMILES string of the molecule is Cc1nc(Nc2ccc3c(c2)OCO3)c2c(C)noc2n1. The van der Waals surface area contributed by atoms with Crippen molar-refractivity contribution in [2.45, 2.75) is 13.8 Å². The quantitative estimate of drug-likeness (QED) is 0.774. The number of fused-ring (bicyclic) bond motifs is 2. The summed E-state index contributed by atoms with van der Waals surface area (Å²) < 4.78 is 15.9. The number of benzene rings is 1. The third-order valence-electron chi connectivity index (χ3n) is 3.25. The second-order valence-corrected chi connectivity index (χ2v) is 4.76. The average molecular weight is 284 g/mol. The fourth-order valence-corrected chi connectivity index (χ4v) is 2.30. The molecule has 1 N–H and O–H groups in total. The lowest BCUT2D eigenvalue weighted by atomic mass is 10.2. The highest BCUT2D eigenvalue weighted by Gasteiger charge is 2.16. The van der Waals surface area contributed by atoms with Crippen molar-refractivity contribution in [1.82, 2.24) is 15.1 Å². The Morgan fingerprint density at radius 2 is 1.95 bits per heavy atom. The summed E-state index contributed by atoms with van der Waals surface area (Å²) in [5.41, 5.74) is 2.07. The van der Waals surface area contributed by atoms with Crippen molar-refractivity contribution in [3.8, 4) is 11.5 Å². The Bertz CT molecular complexity index is 844. The summed E-state index contributed by atoms with van der Waals surface area (Å²) in [5, 5.41) is 7.97. The highest BCUT2D eigenvalue weighted by Crippen LogP contribution is 2.35.